The van der Waals surface area contributed by atoms with Crippen LogP contribution in [0.1, 0.15) is 46.5 Å². The van der Waals surface area contributed by atoms with E-state index < -0.39 is 29.0 Å². The molecule has 0 amide bonds. The summed E-state index contributed by atoms with van der Waals surface area (Å²) in [6.07, 6.45) is -8.29. The van der Waals surface area contributed by atoms with E-state index in [0.717, 1.165) is 35.2 Å². The predicted molar refractivity (Wildman–Crippen MR) is 128 cm³/mol. The van der Waals surface area contributed by atoms with Crippen LogP contribution in [0.15, 0.2) is 24.3 Å². The average Bonchev–Trinajstić information content (AvgIpc) is 3.45. The Labute approximate surface area is 218 Å². The molecule has 0 radical (unpaired) electrons. The largest absolute Gasteiger partial charge is 0.416 e. The Balaban J connectivity index is 1.62. The van der Waals surface area contributed by atoms with Gasteiger partial charge in [0.2, 0.25) is 0 Å². The molecular formula is C24H25F6N9. The lowest BCUT2D eigenvalue weighted by atomic mass is 10.0. The van der Waals surface area contributed by atoms with Crippen molar-refractivity contribution in [3.8, 4) is 0 Å². The maximum atomic E-state index is 13.5. The van der Waals surface area contributed by atoms with Crippen molar-refractivity contribution in [2.24, 2.45) is 14.1 Å². The van der Waals surface area contributed by atoms with Gasteiger partial charge in [-0.1, -0.05) is 5.10 Å². The van der Waals surface area contributed by atoms with Gasteiger partial charge in [0, 0.05) is 25.5 Å². The van der Waals surface area contributed by atoms with E-state index in [2.05, 4.69) is 25.8 Å². The highest BCUT2D eigenvalue weighted by Crippen LogP contribution is 2.46. The SMILES string of the molecule is CNC1(c2nc3c(cc2CN(Cc2cc(C(F)(F)F)cc(C(F)(F)F)c2)c2nnn(C)n2)c(C)nn3C)CC1. The molecule has 0 aliphatic heterocycles. The monoisotopic (exact) mass is 553 g/mol. The van der Waals surface area contributed by atoms with Crippen molar-refractivity contribution >= 4 is 17.0 Å². The quantitative estimate of drug-likeness (QED) is 0.342. The van der Waals surface area contributed by atoms with Gasteiger partial charge in [-0.25, -0.2) is 4.98 Å². The summed E-state index contributed by atoms with van der Waals surface area (Å²) in [7, 11) is 5.12. The van der Waals surface area contributed by atoms with Crippen molar-refractivity contribution in [1.82, 2.24) is 40.3 Å². The van der Waals surface area contributed by atoms with Gasteiger partial charge in [0.05, 0.1) is 35.1 Å². The molecule has 5 rings (SSSR count). The molecule has 0 spiro atoms. The Morgan fingerprint density at radius 1 is 0.949 bits per heavy atom. The number of nitrogens with one attached hydrogen (secondary N) is 1. The summed E-state index contributed by atoms with van der Waals surface area (Å²) in [5, 5.41) is 20.5. The molecule has 15 heteroatoms. The topological polar surface area (TPSA) is 89.6 Å². The van der Waals surface area contributed by atoms with Crippen LogP contribution in [-0.4, -0.2) is 42.0 Å². The van der Waals surface area contributed by atoms with Crippen LogP contribution in [0.3, 0.4) is 0 Å². The molecule has 1 aliphatic carbocycles. The third-order valence-electron chi connectivity index (χ3n) is 6.92. The van der Waals surface area contributed by atoms with Gasteiger partial charge in [-0.15, -0.1) is 5.10 Å². The van der Waals surface area contributed by atoms with Crippen LogP contribution in [0.2, 0.25) is 0 Å². The van der Waals surface area contributed by atoms with E-state index in [9.17, 15) is 26.3 Å². The minimum absolute atomic E-state index is 0.0479. The van der Waals surface area contributed by atoms with Gasteiger partial charge in [0.25, 0.3) is 5.95 Å². The first-order chi connectivity index (χ1) is 18.2. The fraction of sp³-hybridized carbons (Fsp3) is 0.458. The summed E-state index contributed by atoms with van der Waals surface area (Å²) in [5.74, 6) is 0.0479. The highest BCUT2D eigenvalue weighted by molar-refractivity contribution is 5.79. The minimum Gasteiger partial charge on any atom is -0.329 e. The molecule has 4 aromatic rings. The maximum Gasteiger partial charge on any atom is 0.416 e. The van der Waals surface area contributed by atoms with E-state index in [1.165, 1.54) is 16.7 Å². The first kappa shape index (κ1) is 26.8. The van der Waals surface area contributed by atoms with E-state index in [0.29, 0.717) is 17.8 Å². The van der Waals surface area contributed by atoms with Gasteiger partial charge in [-0.3, -0.25) is 4.68 Å². The Morgan fingerprint density at radius 3 is 2.10 bits per heavy atom. The molecule has 208 valence electrons. The minimum atomic E-state index is -4.96. The summed E-state index contributed by atoms with van der Waals surface area (Å²) in [6, 6.07) is 3.44. The van der Waals surface area contributed by atoms with Gasteiger partial charge in [-0.05, 0) is 67.4 Å². The Morgan fingerprint density at radius 2 is 1.59 bits per heavy atom. The number of tetrazole rings is 1. The zero-order chi connectivity index (χ0) is 28.3. The number of alkyl halides is 6. The molecule has 3 aromatic heterocycles. The lowest BCUT2D eigenvalue weighted by Gasteiger charge is -2.25. The number of rotatable bonds is 7. The van der Waals surface area contributed by atoms with Crippen LogP contribution in [-0.2, 0) is 45.1 Å². The first-order valence-corrected chi connectivity index (χ1v) is 12.0. The van der Waals surface area contributed by atoms with Gasteiger partial charge >= 0.3 is 12.4 Å². The van der Waals surface area contributed by atoms with Gasteiger partial charge < -0.3 is 10.2 Å². The van der Waals surface area contributed by atoms with E-state index in [1.54, 1.807) is 11.7 Å². The number of halogens is 6. The molecule has 1 N–H and O–H groups in total. The molecule has 0 bridgehead atoms. The summed E-state index contributed by atoms with van der Waals surface area (Å²) in [4.78, 5) is 7.56. The lowest BCUT2D eigenvalue weighted by molar-refractivity contribution is -0.143. The van der Waals surface area contributed by atoms with Crippen LogP contribution in [0.5, 0.6) is 0 Å². The van der Waals surface area contributed by atoms with E-state index >= 15 is 0 Å². The molecule has 1 aliphatic rings. The Kier molecular flexibility index (Phi) is 6.31. The normalized spacial score (nSPS) is 15.2. The smallest absolute Gasteiger partial charge is 0.329 e. The fourth-order valence-corrected chi connectivity index (χ4v) is 4.78. The van der Waals surface area contributed by atoms with Crippen molar-refractivity contribution in [1.29, 1.82) is 0 Å². The van der Waals surface area contributed by atoms with E-state index in [-0.39, 0.29) is 30.7 Å². The van der Waals surface area contributed by atoms with Gasteiger partial charge in [-0.2, -0.15) is 36.2 Å². The van der Waals surface area contributed by atoms with Crippen molar-refractivity contribution in [3.63, 3.8) is 0 Å². The van der Waals surface area contributed by atoms with Crippen LogP contribution < -0.4 is 10.2 Å². The Hall–Kier alpha value is -3.75. The number of aryl methyl sites for hydroxylation is 3. The third kappa shape index (κ3) is 5.14. The molecule has 1 fully saturated rings. The van der Waals surface area contributed by atoms with E-state index in [4.69, 9.17) is 4.98 Å². The number of benzene rings is 1. The molecule has 0 saturated heterocycles. The predicted octanol–water partition coefficient (Wildman–Crippen LogP) is 4.25. The first-order valence-electron chi connectivity index (χ1n) is 12.0. The second-order valence-electron chi connectivity index (χ2n) is 9.76. The summed E-state index contributed by atoms with van der Waals surface area (Å²) in [6.45, 7) is 1.55. The number of anilines is 1. The van der Waals surface area contributed by atoms with E-state index in [1.807, 2.05) is 20.0 Å². The molecule has 9 nitrogen and oxygen atoms in total. The van der Waals surface area contributed by atoms with Crippen molar-refractivity contribution in [3.05, 3.63) is 57.9 Å². The van der Waals surface area contributed by atoms with Crippen LogP contribution in [0.4, 0.5) is 32.3 Å². The zero-order valence-electron chi connectivity index (χ0n) is 21.5. The summed E-state index contributed by atoms with van der Waals surface area (Å²) in [5.41, 5.74) is -0.517. The Bertz CT molecular complexity index is 1500. The molecule has 1 saturated carbocycles. The number of aromatic nitrogens is 7. The number of nitrogens with zero attached hydrogens (tertiary/aromatic N) is 8. The van der Waals surface area contributed by atoms with Crippen molar-refractivity contribution in [2.75, 3.05) is 11.9 Å². The van der Waals surface area contributed by atoms with Crippen LogP contribution in [0.25, 0.3) is 11.0 Å². The lowest BCUT2D eigenvalue weighted by Crippen LogP contribution is -2.30. The second-order valence-corrected chi connectivity index (χ2v) is 9.76. The van der Waals surface area contributed by atoms with Crippen LogP contribution >= 0.6 is 0 Å². The number of hydrogen-bond acceptors (Lipinski definition) is 7. The molecule has 0 unspecified atom stereocenters. The zero-order valence-corrected chi connectivity index (χ0v) is 21.5. The van der Waals surface area contributed by atoms with Crippen molar-refractivity contribution < 1.29 is 26.3 Å². The van der Waals surface area contributed by atoms with Gasteiger partial charge in [0.1, 0.15) is 0 Å². The molecule has 1 aromatic carbocycles. The molecule has 3 heterocycles. The maximum absolute atomic E-state index is 13.5. The second kappa shape index (κ2) is 9.17. The highest BCUT2D eigenvalue weighted by Gasteiger charge is 2.46. The number of hydrogen-bond donors (Lipinski definition) is 1. The molecule has 39 heavy (non-hydrogen) atoms. The third-order valence-corrected chi connectivity index (χ3v) is 6.92. The molecule has 0 atom stereocenters. The summed E-state index contributed by atoms with van der Waals surface area (Å²) >= 11 is 0. The average molecular weight is 554 g/mol. The van der Waals surface area contributed by atoms with Gasteiger partial charge in [0.15, 0.2) is 5.65 Å². The van der Waals surface area contributed by atoms with Crippen molar-refractivity contribution in [2.45, 2.75) is 50.7 Å². The number of fused-ring (bicyclic) bond motifs is 1. The molecular weight excluding hydrogens is 528 g/mol. The number of pyridine rings is 1. The standard InChI is InChI=1S/C24H25F6N9/c1-13-18-9-15(19(22(31-2)5-6-22)32-20(18)37(3)34-13)12-39(21-33-36-38(4)35-21)11-14-7-16(23(25,26)27)10-17(8-14)24(28,29)30/h7-10,31H,5-6,11-12H2,1-4H3. The fourth-order valence-electron chi connectivity index (χ4n) is 4.78. The van der Waals surface area contributed by atoms with Crippen LogP contribution in [0, 0.1) is 6.92 Å². The summed E-state index contributed by atoms with van der Waals surface area (Å²) < 4.78 is 82.8. The highest BCUT2D eigenvalue weighted by atomic mass is 19.4.